The van der Waals surface area contributed by atoms with Gasteiger partial charge in [-0.15, -0.1) is 0 Å². The maximum atomic E-state index is 12.3. The number of aromatic nitrogens is 2. The van der Waals surface area contributed by atoms with Crippen LogP contribution in [0.3, 0.4) is 0 Å². The third kappa shape index (κ3) is 4.10. The van der Waals surface area contributed by atoms with E-state index in [9.17, 15) is 4.79 Å². The van der Waals surface area contributed by atoms with E-state index in [2.05, 4.69) is 10.4 Å². The van der Waals surface area contributed by atoms with Crippen LogP contribution < -0.4 is 10.1 Å². The Bertz CT molecular complexity index is 679. The van der Waals surface area contributed by atoms with Crippen molar-refractivity contribution in [3.8, 4) is 5.75 Å². The number of benzene rings is 1. The van der Waals surface area contributed by atoms with Gasteiger partial charge >= 0.3 is 0 Å². The summed E-state index contributed by atoms with van der Waals surface area (Å²) in [4.78, 5) is 12.3. The van der Waals surface area contributed by atoms with Crippen LogP contribution in [0.1, 0.15) is 25.3 Å². The molecule has 0 bridgehead atoms. The van der Waals surface area contributed by atoms with Crippen LogP contribution in [0, 0.1) is 5.92 Å². The van der Waals surface area contributed by atoms with Crippen molar-refractivity contribution in [1.82, 2.24) is 9.78 Å². The lowest BCUT2D eigenvalue weighted by molar-refractivity contribution is -0.122. The number of nitrogens with zero attached hydrogens (tertiary/aromatic N) is 2. The van der Waals surface area contributed by atoms with Gasteiger partial charge in [-0.25, -0.2) is 4.68 Å². The first kappa shape index (κ1) is 15.6. The molecule has 0 aliphatic heterocycles. The van der Waals surface area contributed by atoms with Crippen LogP contribution in [0.2, 0.25) is 0 Å². The first-order valence-corrected chi connectivity index (χ1v) is 7.85. The minimum atomic E-state index is -0.645. The van der Waals surface area contributed by atoms with Crippen LogP contribution in [0.15, 0.2) is 36.5 Å². The summed E-state index contributed by atoms with van der Waals surface area (Å²) in [7, 11) is 0. The number of amides is 1. The minimum absolute atomic E-state index is 0.0574. The summed E-state index contributed by atoms with van der Waals surface area (Å²) < 4.78 is 7.48. The standard InChI is InChI=1S/C17H21N3O3/c1-12(23-15-4-2-3-14(9-15)11-21)17(22)19-16-7-8-18-20(16)10-13-5-6-13/h2-4,7-9,12-13,21H,5-6,10-11H2,1H3,(H,19,22). The van der Waals surface area contributed by atoms with Gasteiger partial charge in [-0.3, -0.25) is 4.79 Å². The predicted molar refractivity (Wildman–Crippen MR) is 86.0 cm³/mol. The molecule has 122 valence electrons. The average molecular weight is 315 g/mol. The molecule has 0 saturated heterocycles. The molecule has 1 unspecified atom stereocenters. The molecular weight excluding hydrogens is 294 g/mol. The summed E-state index contributed by atoms with van der Waals surface area (Å²) >= 11 is 0. The van der Waals surface area contributed by atoms with Crippen molar-refractivity contribution in [3.05, 3.63) is 42.1 Å². The van der Waals surface area contributed by atoms with Crippen molar-refractivity contribution >= 4 is 11.7 Å². The van der Waals surface area contributed by atoms with E-state index < -0.39 is 6.10 Å². The fourth-order valence-electron chi connectivity index (χ4n) is 2.33. The van der Waals surface area contributed by atoms with Gasteiger partial charge < -0.3 is 15.2 Å². The van der Waals surface area contributed by atoms with Crippen molar-refractivity contribution < 1.29 is 14.6 Å². The smallest absolute Gasteiger partial charge is 0.266 e. The zero-order chi connectivity index (χ0) is 16.2. The Balaban J connectivity index is 1.59. The lowest BCUT2D eigenvalue weighted by Crippen LogP contribution is -2.31. The van der Waals surface area contributed by atoms with Gasteiger partial charge in [0.05, 0.1) is 12.8 Å². The Labute approximate surface area is 135 Å². The summed E-state index contributed by atoms with van der Waals surface area (Å²) in [5.74, 6) is 1.71. The molecule has 1 heterocycles. The lowest BCUT2D eigenvalue weighted by Gasteiger charge is -2.16. The molecule has 6 heteroatoms. The van der Waals surface area contributed by atoms with E-state index in [-0.39, 0.29) is 12.5 Å². The monoisotopic (exact) mass is 315 g/mol. The number of rotatable bonds is 7. The molecule has 0 spiro atoms. The van der Waals surface area contributed by atoms with Crippen molar-refractivity contribution in [1.29, 1.82) is 0 Å². The maximum absolute atomic E-state index is 12.3. The fraction of sp³-hybridized carbons (Fsp3) is 0.412. The zero-order valence-electron chi connectivity index (χ0n) is 13.1. The molecule has 2 N–H and O–H groups in total. The van der Waals surface area contributed by atoms with E-state index in [0.717, 1.165) is 12.1 Å². The number of hydrogen-bond donors (Lipinski definition) is 2. The molecule has 0 radical (unpaired) electrons. The molecule has 1 atom stereocenters. The number of anilines is 1. The molecular formula is C17H21N3O3. The van der Waals surface area contributed by atoms with Crippen molar-refractivity contribution in [2.45, 2.75) is 39.0 Å². The molecule has 1 aliphatic carbocycles. The second kappa shape index (κ2) is 6.83. The van der Waals surface area contributed by atoms with Crippen molar-refractivity contribution in [3.63, 3.8) is 0 Å². The fourth-order valence-corrected chi connectivity index (χ4v) is 2.33. The van der Waals surface area contributed by atoms with E-state index in [1.54, 1.807) is 43.5 Å². The molecule has 1 aromatic carbocycles. The Morgan fingerprint density at radius 3 is 3.04 bits per heavy atom. The summed E-state index contributed by atoms with van der Waals surface area (Å²) in [6.07, 6.45) is 3.50. The van der Waals surface area contributed by atoms with Gasteiger partial charge in [0, 0.05) is 12.6 Å². The van der Waals surface area contributed by atoms with Gasteiger partial charge in [0.1, 0.15) is 11.6 Å². The molecule has 1 fully saturated rings. The van der Waals surface area contributed by atoms with E-state index in [0.29, 0.717) is 17.5 Å². The highest BCUT2D eigenvalue weighted by atomic mass is 16.5. The second-order valence-corrected chi connectivity index (χ2v) is 5.90. The number of carbonyl (C=O) groups excluding carboxylic acids is 1. The van der Waals surface area contributed by atoms with Gasteiger partial charge in [-0.1, -0.05) is 12.1 Å². The molecule has 2 aromatic rings. The van der Waals surface area contributed by atoms with Gasteiger partial charge in [-0.05, 0) is 43.4 Å². The highest BCUT2D eigenvalue weighted by molar-refractivity contribution is 5.93. The number of aliphatic hydroxyl groups is 1. The topological polar surface area (TPSA) is 76.4 Å². The Hall–Kier alpha value is -2.34. The highest BCUT2D eigenvalue weighted by Crippen LogP contribution is 2.31. The largest absolute Gasteiger partial charge is 0.481 e. The quantitative estimate of drug-likeness (QED) is 0.821. The number of carbonyl (C=O) groups is 1. The SMILES string of the molecule is CC(Oc1cccc(CO)c1)C(=O)Nc1ccnn1CC1CC1. The Morgan fingerprint density at radius 1 is 1.48 bits per heavy atom. The van der Waals surface area contributed by atoms with Crippen molar-refractivity contribution in [2.75, 3.05) is 5.32 Å². The van der Waals surface area contributed by atoms with Gasteiger partial charge in [-0.2, -0.15) is 5.10 Å². The van der Waals surface area contributed by atoms with Crippen LogP contribution in [0.4, 0.5) is 5.82 Å². The van der Waals surface area contributed by atoms with E-state index >= 15 is 0 Å². The third-order valence-corrected chi connectivity index (χ3v) is 3.86. The second-order valence-electron chi connectivity index (χ2n) is 5.90. The maximum Gasteiger partial charge on any atom is 0.266 e. The number of nitrogens with one attached hydrogen (secondary N) is 1. The molecule has 23 heavy (non-hydrogen) atoms. The molecule has 6 nitrogen and oxygen atoms in total. The van der Waals surface area contributed by atoms with Crippen LogP contribution in [-0.4, -0.2) is 26.9 Å². The van der Waals surface area contributed by atoms with Crippen LogP contribution in [0.25, 0.3) is 0 Å². The average Bonchev–Trinajstić information content (AvgIpc) is 3.27. The van der Waals surface area contributed by atoms with Crippen LogP contribution >= 0.6 is 0 Å². The summed E-state index contributed by atoms with van der Waals surface area (Å²) in [6, 6.07) is 8.87. The number of hydrogen-bond acceptors (Lipinski definition) is 4. The number of ether oxygens (including phenoxy) is 1. The summed E-state index contributed by atoms with van der Waals surface area (Å²) in [6.45, 7) is 2.48. The van der Waals surface area contributed by atoms with E-state index in [1.807, 2.05) is 4.68 Å². The lowest BCUT2D eigenvalue weighted by atomic mass is 10.2. The first-order chi connectivity index (χ1) is 11.2. The molecule has 1 amide bonds. The van der Waals surface area contributed by atoms with Crippen LogP contribution in [-0.2, 0) is 17.9 Å². The number of aliphatic hydroxyl groups excluding tert-OH is 1. The molecule has 1 saturated carbocycles. The molecule has 1 aliphatic rings. The van der Waals surface area contributed by atoms with Gasteiger partial charge in [0.2, 0.25) is 0 Å². The first-order valence-electron chi connectivity index (χ1n) is 7.85. The molecule has 3 rings (SSSR count). The summed E-state index contributed by atoms with van der Waals surface area (Å²) in [5.41, 5.74) is 0.748. The van der Waals surface area contributed by atoms with E-state index in [4.69, 9.17) is 9.84 Å². The third-order valence-electron chi connectivity index (χ3n) is 3.86. The Morgan fingerprint density at radius 2 is 2.30 bits per heavy atom. The minimum Gasteiger partial charge on any atom is -0.481 e. The van der Waals surface area contributed by atoms with Gasteiger partial charge in [0.15, 0.2) is 6.10 Å². The molecule has 1 aromatic heterocycles. The Kier molecular flexibility index (Phi) is 4.62. The normalized spacial score (nSPS) is 15.2. The summed E-state index contributed by atoms with van der Waals surface area (Å²) in [5, 5.41) is 16.2. The van der Waals surface area contributed by atoms with Crippen LogP contribution in [0.5, 0.6) is 5.75 Å². The highest BCUT2D eigenvalue weighted by Gasteiger charge is 2.24. The van der Waals surface area contributed by atoms with Gasteiger partial charge in [0.25, 0.3) is 5.91 Å². The van der Waals surface area contributed by atoms with Crippen molar-refractivity contribution in [2.24, 2.45) is 5.92 Å². The van der Waals surface area contributed by atoms with E-state index in [1.165, 1.54) is 12.8 Å². The zero-order valence-corrected chi connectivity index (χ0v) is 13.1. The predicted octanol–water partition coefficient (Wildman–Crippen LogP) is 2.19.